The monoisotopic (exact) mass is 375 g/mol. The highest BCUT2D eigenvalue weighted by Gasteiger charge is 2.14. The van der Waals surface area contributed by atoms with Gasteiger partial charge < -0.3 is 5.32 Å². The van der Waals surface area contributed by atoms with Gasteiger partial charge in [0.2, 0.25) is 0 Å². The molecule has 0 bridgehead atoms. The van der Waals surface area contributed by atoms with E-state index in [-0.39, 0.29) is 16.9 Å². The maximum Gasteiger partial charge on any atom is 0.381 e. The molecule has 0 aliphatic carbocycles. The van der Waals surface area contributed by atoms with Crippen LogP contribution in [0.4, 0.5) is 20.3 Å². The summed E-state index contributed by atoms with van der Waals surface area (Å²) in [5.74, 6) is -1.59. The SMILES string of the molecule is O=C(OF)c1ccccc1Nc1ccc(I)cc1F. The van der Waals surface area contributed by atoms with Crippen molar-refractivity contribution in [1.82, 2.24) is 0 Å². The summed E-state index contributed by atoms with van der Waals surface area (Å²) in [5.41, 5.74) is 0.452. The molecule has 0 heterocycles. The lowest BCUT2D eigenvalue weighted by atomic mass is 10.1. The number of benzene rings is 2. The Bertz CT molecular complexity index is 619. The number of para-hydroxylation sites is 1. The van der Waals surface area contributed by atoms with Gasteiger partial charge >= 0.3 is 5.97 Å². The van der Waals surface area contributed by atoms with E-state index in [9.17, 15) is 13.7 Å². The number of hydrogen-bond donors (Lipinski definition) is 1. The van der Waals surface area contributed by atoms with Gasteiger partial charge in [-0.2, -0.15) is 0 Å². The van der Waals surface area contributed by atoms with Gasteiger partial charge in [0.05, 0.1) is 16.9 Å². The summed E-state index contributed by atoms with van der Waals surface area (Å²) < 4.78 is 26.4. The molecular formula is C13H8F2INO2. The Labute approximate surface area is 121 Å². The van der Waals surface area contributed by atoms with Gasteiger partial charge in [-0.25, -0.2) is 14.1 Å². The number of carbonyl (C=O) groups excluding carboxylic acids is 1. The molecule has 0 spiro atoms. The highest BCUT2D eigenvalue weighted by atomic mass is 127. The summed E-state index contributed by atoms with van der Waals surface area (Å²) in [6, 6.07) is 10.7. The van der Waals surface area contributed by atoms with E-state index in [4.69, 9.17) is 0 Å². The van der Waals surface area contributed by atoms with Gasteiger partial charge in [0.25, 0.3) is 0 Å². The lowest BCUT2D eigenvalue weighted by molar-refractivity contribution is -0.0787. The van der Waals surface area contributed by atoms with Crippen LogP contribution in [-0.2, 0) is 4.94 Å². The lowest BCUT2D eigenvalue weighted by Gasteiger charge is -2.10. The number of rotatable bonds is 3. The molecule has 0 amide bonds. The van der Waals surface area contributed by atoms with E-state index in [2.05, 4.69) is 10.3 Å². The Morgan fingerprint density at radius 3 is 2.58 bits per heavy atom. The smallest absolute Gasteiger partial charge is 0.352 e. The Hall–Kier alpha value is -1.70. The molecule has 0 aromatic heterocycles. The minimum Gasteiger partial charge on any atom is -0.352 e. The average Bonchev–Trinajstić information content (AvgIpc) is 2.41. The quantitative estimate of drug-likeness (QED) is 0.817. The van der Waals surface area contributed by atoms with Crippen molar-refractivity contribution < 1.29 is 18.7 Å². The topological polar surface area (TPSA) is 38.3 Å². The van der Waals surface area contributed by atoms with Crippen molar-refractivity contribution in [1.29, 1.82) is 0 Å². The van der Waals surface area contributed by atoms with E-state index >= 15 is 0 Å². The van der Waals surface area contributed by atoms with Crippen LogP contribution in [0.5, 0.6) is 0 Å². The predicted molar refractivity (Wildman–Crippen MR) is 75.4 cm³/mol. The van der Waals surface area contributed by atoms with Crippen molar-refractivity contribution in [3.05, 3.63) is 57.4 Å². The van der Waals surface area contributed by atoms with Crippen molar-refractivity contribution in [3.63, 3.8) is 0 Å². The summed E-state index contributed by atoms with van der Waals surface area (Å²) in [5, 5.41) is 2.74. The standard InChI is InChI=1S/C13H8F2INO2/c14-10-7-8(16)5-6-12(10)17-11-4-2-1-3-9(11)13(18)19-15/h1-7,17H. The number of nitrogens with one attached hydrogen (secondary N) is 1. The average molecular weight is 375 g/mol. The molecule has 0 radical (unpaired) electrons. The number of hydrogen-bond acceptors (Lipinski definition) is 3. The highest BCUT2D eigenvalue weighted by molar-refractivity contribution is 14.1. The normalized spacial score (nSPS) is 10.1. The van der Waals surface area contributed by atoms with Crippen molar-refractivity contribution in [3.8, 4) is 0 Å². The summed E-state index contributed by atoms with van der Waals surface area (Å²) in [6.45, 7) is 0. The maximum absolute atomic E-state index is 13.7. The van der Waals surface area contributed by atoms with E-state index in [0.717, 1.165) is 3.57 Å². The molecule has 0 atom stereocenters. The molecule has 3 nitrogen and oxygen atoms in total. The van der Waals surface area contributed by atoms with Crippen LogP contribution in [0.2, 0.25) is 0 Å². The first-order valence-corrected chi connectivity index (χ1v) is 6.33. The van der Waals surface area contributed by atoms with Crippen molar-refractivity contribution in [2.75, 3.05) is 5.32 Å². The maximum atomic E-state index is 13.7. The molecule has 0 fully saturated rings. The molecule has 0 aliphatic rings. The fraction of sp³-hybridized carbons (Fsp3) is 0. The third-order valence-electron chi connectivity index (χ3n) is 2.42. The first kappa shape index (κ1) is 13.7. The summed E-state index contributed by atoms with van der Waals surface area (Å²) in [6.07, 6.45) is 0. The largest absolute Gasteiger partial charge is 0.381 e. The van der Waals surface area contributed by atoms with Crippen molar-refractivity contribution >= 4 is 39.9 Å². The van der Waals surface area contributed by atoms with Crippen molar-refractivity contribution in [2.24, 2.45) is 0 Å². The molecule has 2 aromatic rings. The molecule has 2 aromatic carbocycles. The molecule has 19 heavy (non-hydrogen) atoms. The van der Waals surface area contributed by atoms with E-state index in [0.29, 0.717) is 0 Å². The minimum absolute atomic E-state index is 0.0112. The molecule has 98 valence electrons. The van der Waals surface area contributed by atoms with Gasteiger partial charge in [0.1, 0.15) is 5.82 Å². The highest BCUT2D eigenvalue weighted by Crippen LogP contribution is 2.24. The number of carbonyl (C=O) groups is 1. The van der Waals surface area contributed by atoms with E-state index in [1.807, 2.05) is 22.6 Å². The predicted octanol–water partition coefficient (Wildman–Crippen LogP) is 4.22. The number of halogens is 3. The molecule has 0 aliphatic heterocycles. The van der Waals surface area contributed by atoms with E-state index in [1.165, 1.54) is 24.3 Å². The second kappa shape index (κ2) is 5.96. The fourth-order valence-corrected chi connectivity index (χ4v) is 2.00. The molecular weight excluding hydrogens is 367 g/mol. The van der Waals surface area contributed by atoms with E-state index in [1.54, 1.807) is 18.2 Å². The van der Waals surface area contributed by atoms with Gasteiger partial charge in [-0.3, -0.25) is 0 Å². The molecule has 0 saturated heterocycles. The molecule has 6 heteroatoms. The molecule has 0 saturated carbocycles. The lowest BCUT2D eigenvalue weighted by Crippen LogP contribution is -2.04. The Morgan fingerprint density at radius 1 is 1.16 bits per heavy atom. The first-order chi connectivity index (χ1) is 9.11. The third-order valence-corrected chi connectivity index (χ3v) is 3.09. The Balaban J connectivity index is 2.35. The minimum atomic E-state index is -1.13. The zero-order chi connectivity index (χ0) is 13.8. The van der Waals surface area contributed by atoms with Gasteiger partial charge in [0.15, 0.2) is 0 Å². The van der Waals surface area contributed by atoms with Gasteiger partial charge in [-0.05, 0) is 52.9 Å². The van der Waals surface area contributed by atoms with Gasteiger partial charge in [-0.1, -0.05) is 12.1 Å². The van der Waals surface area contributed by atoms with Crippen LogP contribution in [-0.4, -0.2) is 5.97 Å². The van der Waals surface area contributed by atoms with Crippen LogP contribution in [0.1, 0.15) is 10.4 Å². The van der Waals surface area contributed by atoms with Gasteiger partial charge in [-0.15, -0.1) is 0 Å². The molecule has 2 rings (SSSR count). The summed E-state index contributed by atoms with van der Waals surface area (Å²) in [7, 11) is 0. The summed E-state index contributed by atoms with van der Waals surface area (Å²) in [4.78, 5) is 14.4. The molecule has 0 unspecified atom stereocenters. The van der Waals surface area contributed by atoms with Crippen LogP contribution in [0.25, 0.3) is 0 Å². The third kappa shape index (κ3) is 3.19. The van der Waals surface area contributed by atoms with Crippen LogP contribution < -0.4 is 5.32 Å². The number of anilines is 2. The summed E-state index contributed by atoms with van der Waals surface area (Å²) >= 11 is 1.98. The fourth-order valence-electron chi connectivity index (χ4n) is 1.55. The van der Waals surface area contributed by atoms with Crippen molar-refractivity contribution in [2.45, 2.75) is 0 Å². The second-order valence-electron chi connectivity index (χ2n) is 3.66. The zero-order valence-electron chi connectivity index (χ0n) is 9.49. The van der Waals surface area contributed by atoms with Gasteiger partial charge in [0, 0.05) is 8.10 Å². The Kier molecular flexibility index (Phi) is 4.31. The second-order valence-corrected chi connectivity index (χ2v) is 4.90. The van der Waals surface area contributed by atoms with Crippen LogP contribution >= 0.6 is 22.6 Å². The van der Waals surface area contributed by atoms with Crippen LogP contribution in [0.3, 0.4) is 0 Å². The van der Waals surface area contributed by atoms with Crippen LogP contribution in [0.15, 0.2) is 42.5 Å². The molecule has 1 N–H and O–H groups in total. The Morgan fingerprint density at radius 2 is 1.89 bits per heavy atom. The zero-order valence-corrected chi connectivity index (χ0v) is 11.6. The van der Waals surface area contributed by atoms with E-state index < -0.39 is 11.8 Å². The van der Waals surface area contributed by atoms with Crippen LogP contribution in [0, 0.1) is 9.39 Å². The first-order valence-electron chi connectivity index (χ1n) is 5.26.